The van der Waals surface area contributed by atoms with Crippen molar-refractivity contribution < 1.29 is 14.1 Å². The van der Waals surface area contributed by atoms with Gasteiger partial charge in [0.25, 0.3) is 0 Å². The lowest BCUT2D eigenvalue weighted by Gasteiger charge is -2.48. The Kier molecular flexibility index (Phi) is 7.58. The molecular weight excluding hydrogens is 404 g/mol. The Morgan fingerprint density at radius 3 is 2.53 bits per heavy atom. The number of amides is 1. The van der Waals surface area contributed by atoms with E-state index in [4.69, 9.17) is 9.26 Å². The molecule has 7 heteroatoms. The van der Waals surface area contributed by atoms with Gasteiger partial charge in [0, 0.05) is 43.6 Å². The van der Waals surface area contributed by atoms with Gasteiger partial charge in [0.1, 0.15) is 0 Å². The van der Waals surface area contributed by atoms with Gasteiger partial charge in [-0.1, -0.05) is 62.5 Å². The van der Waals surface area contributed by atoms with Crippen LogP contribution in [0.25, 0.3) is 11.4 Å². The molecule has 0 spiro atoms. The van der Waals surface area contributed by atoms with Gasteiger partial charge in [-0.3, -0.25) is 9.69 Å². The van der Waals surface area contributed by atoms with Crippen molar-refractivity contribution >= 4 is 5.91 Å². The van der Waals surface area contributed by atoms with E-state index >= 15 is 0 Å². The van der Waals surface area contributed by atoms with Gasteiger partial charge < -0.3 is 14.6 Å². The molecule has 4 rings (SSSR count). The highest BCUT2D eigenvalue weighted by Gasteiger charge is 2.38. The summed E-state index contributed by atoms with van der Waals surface area (Å²) in [7, 11) is 0. The third-order valence-corrected chi connectivity index (χ3v) is 6.95. The van der Waals surface area contributed by atoms with E-state index in [1.54, 1.807) is 0 Å². The van der Waals surface area contributed by atoms with E-state index < -0.39 is 0 Å². The van der Waals surface area contributed by atoms with Gasteiger partial charge in [-0.05, 0) is 24.3 Å². The van der Waals surface area contributed by atoms with Crippen LogP contribution in [0.5, 0.6) is 0 Å². The highest BCUT2D eigenvalue weighted by molar-refractivity contribution is 5.76. The Hall–Kier alpha value is -2.25. The summed E-state index contributed by atoms with van der Waals surface area (Å²) >= 11 is 0. The van der Waals surface area contributed by atoms with Gasteiger partial charge in [0.15, 0.2) is 0 Å². The molecule has 1 amide bonds. The van der Waals surface area contributed by atoms with Crippen LogP contribution >= 0.6 is 0 Å². The lowest BCUT2D eigenvalue weighted by molar-refractivity contribution is -0.122. The summed E-state index contributed by atoms with van der Waals surface area (Å²) in [5.74, 6) is 1.61. The Balaban J connectivity index is 1.29. The number of nitrogens with one attached hydrogen (secondary N) is 1. The maximum atomic E-state index is 12.6. The molecule has 0 radical (unpaired) electrons. The van der Waals surface area contributed by atoms with Crippen molar-refractivity contribution in [3.05, 3.63) is 35.7 Å². The van der Waals surface area contributed by atoms with Crippen molar-refractivity contribution in [3.63, 3.8) is 0 Å². The first-order chi connectivity index (χ1) is 15.6. The number of aromatic nitrogens is 2. The number of nitrogens with zero attached hydrogens (tertiary/aromatic N) is 3. The molecule has 0 atom stereocenters. The summed E-state index contributed by atoms with van der Waals surface area (Å²) in [4.78, 5) is 19.6. The van der Waals surface area contributed by atoms with Crippen LogP contribution in [0, 0.1) is 0 Å². The number of morpholine rings is 1. The summed E-state index contributed by atoms with van der Waals surface area (Å²) in [6, 6.07) is 8.23. The van der Waals surface area contributed by atoms with Gasteiger partial charge in [0.2, 0.25) is 17.6 Å². The molecule has 1 aliphatic carbocycles. The molecule has 1 aliphatic heterocycles. The quantitative estimate of drug-likeness (QED) is 0.670. The Morgan fingerprint density at radius 1 is 1.12 bits per heavy atom. The average molecular weight is 441 g/mol. The monoisotopic (exact) mass is 440 g/mol. The minimum absolute atomic E-state index is 0.0456. The first kappa shape index (κ1) is 22.9. The van der Waals surface area contributed by atoms with Gasteiger partial charge >= 0.3 is 0 Å². The number of hydrogen-bond acceptors (Lipinski definition) is 6. The van der Waals surface area contributed by atoms with E-state index in [0.29, 0.717) is 37.0 Å². The van der Waals surface area contributed by atoms with E-state index in [9.17, 15) is 4.79 Å². The fourth-order valence-corrected chi connectivity index (χ4v) is 4.92. The van der Waals surface area contributed by atoms with Gasteiger partial charge in [-0.15, -0.1) is 0 Å². The smallest absolute Gasteiger partial charge is 0.227 e. The standard InChI is InChI=1S/C25H36N4O3/c1-19(2)20-6-8-21(9-7-20)24-27-23(32-28-24)11-10-22(30)26-18-25(12-4-3-5-13-25)29-14-16-31-17-15-29/h6-9,19H,3-5,10-18H2,1-2H3,(H,26,30). The van der Waals surface area contributed by atoms with Crippen molar-refractivity contribution in [2.75, 3.05) is 32.8 Å². The van der Waals surface area contributed by atoms with Crippen LogP contribution in [-0.4, -0.2) is 59.3 Å². The van der Waals surface area contributed by atoms with E-state index in [2.05, 4.69) is 46.3 Å². The molecule has 0 bridgehead atoms. The topological polar surface area (TPSA) is 80.5 Å². The summed E-state index contributed by atoms with van der Waals surface area (Å²) in [5, 5.41) is 7.30. The largest absolute Gasteiger partial charge is 0.379 e. The molecule has 2 aromatic rings. The van der Waals surface area contributed by atoms with E-state index in [1.165, 1.54) is 24.8 Å². The molecule has 2 aliphatic rings. The van der Waals surface area contributed by atoms with E-state index in [0.717, 1.165) is 44.7 Å². The molecule has 2 heterocycles. The molecule has 2 fully saturated rings. The number of hydrogen-bond donors (Lipinski definition) is 1. The van der Waals surface area contributed by atoms with E-state index in [1.807, 2.05) is 12.1 Å². The maximum absolute atomic E-state index is 12.6. The zero-order chi connectivity index (χ0) is 22.4. The van der Waals surface area contributed by atoms with Crippen molar-refractivity contribution in [3.8, 4) is 11.4 Å². The zero-order valence-electron chi connectivity index (χ0n) is 19.4. The number of ether oxygens (including phenoxy) is 1. The maximum Gasteiger partial charge on any atom is 0.227 e. The Morgan fingerprint density at radius 2 is 1.84 bits per heavy atom. The number of carbonyl (C=O) groups excluding carboxylic acids is 1. The molecule has 1 aromatic heterocycles. The summed E-state index contributed by atoms with van der Waals surface area (Å²) in [5.41, 5.74) is 2.29. The normalized spacial score (nSPS) is 19.2. The molecule has 1 N–H and O–H groups in total. The second-order valence-electron chi connectivity index (χ2n) is 9.45. The number of benzene rings is 1. The fourth-order valence-electron chi connectivity index (χ4n) is 4.92. The first-order valence-corrected chi connectivity index (χ1v) is 12.1. The summed E-state index contributed by atoms with van der Waals surface area (Å²) in [6.07, 6.45) is 6.86. The Labute approximate surface area is 190 Å². The molecule has 7 nitrogen and oxygen atoms in total. The molecule has 1 saturated heterocycles. The van der Waals surface area contributed by atoms with Crippen LogP contribution in [0.1, 0.15) is 69.7 Å². The number of aryl methyl sites for hydroxylation is 1. The third kappa shape index (κ3) is 5.56. The predicted molar refractivity (Wildman–Crippen MR) is 123 cm³/mol. The van der Waals surface area contributed by atoms with Crippen molar-refractivity contribution in [1.82, 2.24) is 20.4 Å². The second-order valence-corrected chi connectivity index (χ2v) is 9.45. The lowest BCUT2D eigenvalue weighted by atomic mass is 9.79. The minimum atomic E-state index is 0.0456. The average Bonchev–Trinajstić information content (AvgIpc) is 3.32. The fraction of sp³-hybridized carbons (Fsp3) is 0.640. The summed E-state index contributed by atoms with van der Waals surface area (Å²) in [6.45, 7) is 8.54. The molecule has 0 unspecified atom stereocenters. The predicted octanol–water partition coefficient (Wildman–Crippen LogP) is 3.94. The van der Waals surface area contributed by atoms with Crippen LogP contribution in [0.4, 0.5) is 0 Å². The van der Waals surface area contributed by atoms with Gasteiger partial charge in [-0.25, -0.2) is 0 Å². The molecular formula is C25H36N4O3. The van der Waals surface area contributed by atoms with Crippen LogP contribution in [-0.2, 0) is 16.0 Å². The molecule has 1 aromatic carbocycles. The molecule has 174 valence electrons. The van der Waals surface area contributed by atoms with Crippen LogP contribution in [0.15, 0.2) is 28.8 Å². The number of carbonyl (C=O) groups is 1. The second kappa shape index (κ2) is 10.6. The van der Waals surface area contributed by atoms with Crippen LogP contribution in [0.2, 0.25) is 0 Å². The molecule has 1 saturated carbocycles. The lowest BCUT2D eigenvalue weighted by Crippen LogP contribution is -2.59. The first-order valence-electron chi connectivity index (χ1n) is 12.1. The van der Waals surface area contributed by atoms with Crippen LogP contribution in [0.3, 0.4) is 0 Å². The SMILES string of the molecule is CC(C)c1ccc(-c2noc(CCC(=O)NCC3(N4CCOCC4)CCCCC3)n2)cc1. The zero-order valence-corrected chi connectivity index (χ0v) is 19.4. The highest BCUT2D eigenvalue weighted by Crippen LogP contribution is 2.34. The van der Waals surface area contributed by atoms with Crippen molar-refractivity contribution in [2.24, 2.45) is 0 Å². The van der Waals surface area contributed by atoms with Gasteiger partial charge in [-0.2, -0.15) is 4.98 Å². The molecule has 32 heavy (non-hydrogen) atoms. The van der Waals surface area contributed by atoms with Crippen molar-refractivity contribution in [1.29, 1.82) is 0 Å². The number of rotatable bonds is 8. The van der Waals surface area contributed by atoms with Crippen LogP contribution < -0.4 is 5.32 Å². The minimum Gasteiger partial charge on any atom is -0.379 e. The van der Waals surface area contributed by atoms with Crippen molar-refractivity contribution in [2.45, 2.75) is 70.3 Å². The Bertz CT molecular complexity index is 866. The highest BCUT2D eigenvalue weighted by atomic mass is 16.5. The third-order valence-electron chi connectivity index (χ3n) is 6.95. The van der Waals surface area contributed by atoms with Gasteiger partial charge in [0.05, 0.1) is 13.2 Å². The van der Waals surface area contributed by atoms with E-state index in [-0.39, 0.29) is 11.4 Å². The summed E-state index contributed by atoms with van der Waals surface area (Å²) < 4.78 is 10.9.